The first-order valence-corrected chi connectivity index (χ1v) is 7.40. The molecule has 0 N–H and O–H groups in total. The van der Waals surface area contributed by atoms with E-state index in [1.54, 1.807) is 0 Å². The molecule has 1 rings (SSSR count). The van der Waals surface area contributed by atoms with Crippen molar-refractivity contribution in [1.82, 2.24) is 0 Å². The van der Waals surface area contributed by atoms with E-state index >= 15 is 0 Å². The molecule has 1 saturated carbocycles. The molecule has 0 amide bonds. The fourth-order valence-corrected chi connectivity index (χ4v) is 2.84. The average molecular weight is 261 g/mol. The summed E-state index contributed by atoms with van der Waals surface area (Å²) in [7, 11) is 0. The van der Waals surface area contributed by atoms with Crippen molar-refractivity contribution in [1.29, 1.82) is 0 Å². The lowest BCUT2D eigenvalue weighted by atomic mass is 10.1. The van der Waals surface area contributed by atoms with Gasteiger partial charge in [-0.2, -0.15) is 0 Å². The van der Waals surface area contributed by atoms with Crippen LogP contribution in [-0.4, -0.2) is 4.83 Å². The second kappa shape index (κ2) is 7.73. The van der Waals surface area contributed by atoms with E-state index in [4.69, 9.17) is 0 Å². The van der Waals surface area contributed by atoms with Gasteiger partial charge in [-0.15, -0.1) is 0 Å². The van der Waals surface area contributed by atoms with E-state index < -0.39 is 0 Å². The molecule has 0 bridgehead atoms. The third kappa shape index (κ3) is 6.06. The van der Waals surface area contributed by atoms with E-state index in [1.165, 1.54) is 64.2 Å². The summed E-state index contributed by atoms with van der Waals surface area (Å²) in [6.45, 7) is 2.28. The summed E-state index contributed by atoms with van der Waals surface area (Å²) in [5.74, 6) is 1.04. The highest BCUT2D eigenvalue weighted by atomic mass is 79.9. The Bertz CT molecular complexity index is 129. The first-order chi connectivity index (χ1) is 6.84. The van der Waals surface area contributed by atoms with Gasteiger partial charge in [-0.3, -0.25) is 0 Å². The van der Waals surface area contributed by atoms with Gasteiger partial charge in [0.1, 0.15) is 0 Å². The maximum Gasteiger partial charge on any atom is 0.0174 e. The van der Waals surface area contributed by atoms with Crippen LogP contribution in [0.4, 0.5) is 0 Å². The van der Waals surface area contributed by atoms with Gasteiger partial charge < -0.3 is 0 Å². The van der Waals surface area contributed by atoms with Crippen LogP contribution in [0.2, 0.25) is 0 Å². The van der Waals surface area contributed by atoms with Gasteiger partial charge in [0.05, 0.1) is 0 Å². The van der Waals surface area contributed by atoms with Crippen molar-refractivity contribution in [3.05, 3.63) is 0 Å². The van der Waals surface area contributed by atoms with Gasteiger partial charge in [0.2, 0.25) is 0 Å². The molecule has 1 fully saturated rings. The summed E-state index contributed by atoms with van der Waals surface area (Å²) in [6, 6.07) is 0. The average Bonchev–Trinajstić information content (AvgIpc) is 2.99. The SMILES string of the molecule is CCCCCCCCCC(Br)C1CC1. The molecule has 1 aliphatic carbocycles. The molecule has 1 aliphatic rings. The second-order valence-electron chi connectivity index (χ2n) is 4.76. The second-order valence-corrected chi connectivity index (χ2v) is 5.94. The molecular formula is C13H25Br. The van der Waals surface area contributed by atoms with Crippen LogP contribution < -0.4 is 0 Å². The van der Waals surface area contributed by atoms with E-state index in [-0.39, 0.29) is 0 Å². The normalized spacial score (nSPS) is 18.4. The summed E-state index contributed by atoms with van der Waals surface area (Å²) in [4.78, 5) is 0.846. The highest BCUT2D eigenvalue weighted by molar-refractivity contribution is 9.09. The van der Waals surface area contributed by atoms with Crippen molar-refractivity contribution >= 4 is 15.9 Å². The molecule has 0 spiro atoms. The van der Waals surface area contributed by atoms with Crippen molar-refractivity contribution in [3.8, 4) is 0 Å². The molecule has 0 aromatic heterocycles. The Kier molecular flexibility index (Phi) is 6.93. The van der Waals surface area contributed by atoms with Crippen LogP contribution in [0.5, 0.6) is 0 Å². The first-order valence-electron chi connectivity index (χ1n) is 6.48. The van der Waals surface area contributed by atoms with Crippen molar-refractivity contribution in [2.45, 2.75) is 76.0 Å². The minimum atomic E-state index is 0.846. The smallest absolute Gasteiger partial charge is 0.0174 e. The maximum atomic E-state index is 3.80. The van der Waals surface area contributed by atoms with Gasteiger partial charge in [0.15, 0.2) is 0 Å². The van der Waals surface area contributed by atoms with Crippen LogP contribution in [0, 0.1) is 5.92 Å². The number of unbranched alkanes of at least 4 members (excludes halogenated alkanes) is 6. The summed E-state index contributed by atoms with van der Waals surface area (Å²) in [5.41, 5.74) is 0. The molecule has 0 nitrogen and oxygen atoms in total. The number of hydrogen-bond donors (Lipinski definition) is 0. The molecule has 0 heterocycles. The van der Waals surface area contributed by atoms with Gasteiger partial charge in [0.25, 0.3) is 0 Å². The molecule has 1 atom stereocenters. The highest BCUT2D eigenvalue weighted by Crippen LogP contribution is 2.38. The lowest BCUT2D eigenvalue weighted by Crippen LogP contribution is -1.99. The maximum absolute atomic E-state index is 3.80. The third-order valence-corrected chi connectivity index (χ3v) is 4.42. The minimum Gasteiger partial charge on any atom is -0.0888 e. The Morgan fingerprint density at radius 3 is 2.14 bits per heavy atom. The summed E-state index contributed by atoms with van der Waals surface area (Å²) in [6.07, 6.45) is 14.5. The molecule has 14 heavy (non-hydrogen) atoms. The Morgan fingerprint density at radius 2 is 1.57 bits per heavy atom. The standard InChI is InChI=1S/C13H25Br/c1-2-3-4-5-6-7-8-9-13(14)12-10-11-12/h12-13H,2-11H2,1H3. The van der Waals surface area contributed by atoms with Crippen LogP contribution in [0.1, 0.15) is 71.1 Å². The quantitative estimate of drug-likeness (QED) is 0.390. The zero-order valence-electron chi connectivity index (χ0n) is 9.60. The number of alkyl halides is 1. The van der Waals surface area contributed by atoms with Gasteiger partial charge >= 0.3 is 0 Å². The van der Waals surface area contributed by atoms with Gasteiger partial charge in [-0.25, -0.2) is 0 Å². The van der Waals surface area contributed by atoms with Crippen LogP contribution in [0.25, 0.3) is 0 Å². The fourth-order valence-electron chi connectivity index (χ4n) is 1.99. The molecule has 0 aliphatic heterocycles. The van der Waals surface area contributed by atoms with Crippen molar-refractivity contribution < 1.29 is 0 Å². The predicted octanol–water partition coefficient (Wildman–Crippen LogP) is 5.30. The van der Waals surface area contributed by atoms with E-state index in [0.717, 1.165) is 10.7 Å². The Labute approximate surface area is 98.0 Å². The molecule has 0 aromatic carbocycles. The van der Waals surface area contributed by atoms with E-state index in [9.17, 15) is 0 Å². The Morgan fingerprint density at radius 1 is 1.00 bits per heavy atom. The fraction of sp³-hybridized carbons (Fsp3) is 1.00. The van der Waals surface area contributed by atoms with Gasteiger partial charge in [-0.1, -0.05) is 67.8 Å². The van der Waals surface area contributed by atoms with Crippen molar-refractivity contribution in [3.63, 3.8) is 0 Å². The number of rotatable bonds is 9. The van der Waals surface area contributed by atoms with Crippen molar-refractivity contribution in [2.24, 2.45) is 5.92 Å². The minimum absolute atomic E-state index is 0.846. The highest BCUT2D eigenvalue weighted by Gasteiger charge is 2.28. The Balaban J connectivity index is 1.75. The van der Waals surface area contributed by atoms with Crippen LogP contribution in [-0.2, 0) is 0 Å². The third-order valence-electron chi connectivity index (χ3n) is 3.22. The zero-order valence-corrected chi connectivity index (χ0v) is 11.2. The molecule has 0 radical (unpaired) electrons. The lowest BCUT2D eigenvalue weighted by Gasteiger charge is -2.07. The molecular weight excluding hydrogens is 236 g/mol. The lowest BCUT2D eigenvalue weighted by molar-refractivity contribution is 0.560. The first kappa shape index (κ1) is 12.5. The van der Waals surface area contributed by atoms with E-state index in [0.29, 0.717) is 0 Å². The molecule has 84 valence electrons. The molecule has 0 aromatic rings. The van der Waals surface area contributed by atoms with Crippen LogP contribution in [0.15, 0.2) is 0 Å². The molecule has 1 unspecified atom stereocenters. The topological polar surface area (TPSA) is 0 Å². The summed E-state index contributed by atoms with van der Waals surface area (Å²) in [5, 5.41) is 0. The Hall–Kier alpha value is 0.480. The van der Waals surface area contributed by atoms with Crippen LogP contribution >= 0.6 is 15.9 Å². The number of halogens is 1. The largest absolute Gasteiger partial charge is 0.0888 e. The van der Waals surface area contributed by atoms with Gasteiger partial charge in [0, 0.05) is 4.83 Å². The number of hydrogen-bond acceptors (Lipinski definition) is 0. The molecule has 1 heteroatoms. The van der Waals surface area contributed by atoms with Crippen LogP contribution in [0.3, 0.4) is 0 Å². The monoisotopic (exact) mass is 260 g/mol. The summed E-state index contributed by atoms with van der Waals surface area (Å²) < 4.78 is 0. The van der Waals surface area contributed by atoms with E-state index in [1.807, 2.05) is 0 Å². The zero-order chi connectivity index (χ0) is 10.2. The molecule has 0 saturated heterocycles. The van der Waals surface area contributed by atoms with E-state index in [2.05, 4.69) is 22.9 Å². The summed E-state index contributed by atoms with van der Waals surface area (Å²) >= 11 is 3.80. The van der Waals surface area contributed by atoms with Crippen molar-refractivity contribution in [2.75, 3.05) is 0 Å². The predicted molar refractivity (Wildman–Crippen MR) is 68.0 cm³/mol. The van der Waals surface area contributed by atoms with Gasteiger partial charge in [-0.05, 0) is 25.2 Å².